The van der Waals surface area contributed by atoms with E-state index >= 15 is 0 Å². The van der Waals surface area contributed by atoms with Crippen molar-refractivity contribution >= 4 is 11.8 Å². The third-order valence-electron chi connectivity index (χ3n) is 5.94. The van der Waals surface area contributed by atoms with Crippen LogP contribution in [0.25, 0.3) is 0 Å². The SMILES string of the molecule is CCCCN1C(=O)CC(C(=O)NCc2ccc(COCC)cc2)C1c1ccc(OC)cc1. The quantitative estimate of drug-likeness (QED) is 0.570. The summed E-state index contributed by atoms with van der Waals surface area (Å²) in [6.45, 7) is 6.44. The maximum atomic E-state index is 13.2. The molecule has 1 N–H and O–H groups in total. The summed E-state index contributed by atoms with van der Waals surface area (Å²) in [6.07, 6.45) is 2.15. The molecule has 172 valence electrons. The Balaban J connectivity index is 1.71. The maximum absolute atomic E-state index is 13.2. The zero-order valence-electron chi connectivity index (χ0n) is 19.3. The van der Waals surface area contributed by atoms with Gasteiger partial charge in [0.25, 0.3) is 0 Å². The fourth-order valence-electron chi connectivity index (χ4n) is 4.12. The Bertz CT molecular complexity index is 880. The van der Waals surface area contributed by atoms with E-state index in [-0.39, 0.29) is 24.3 Å². The third kappa shape index (κ3) is 5.88. The van der Waals surface area contributed by atoms with Gasteiger partial charge in [0.2, 0.25) is 11.8 Å². The van der Waals surface area contributed by atoms with Crippen molar-refractivity contribution in [1.82, 2.24) is 10.2 Å². The smallest absolute Gasteiger partial charge is 0.226 e. The van der Waals surface area contributed by atoms with Crippen LogP contribution in [0.1, 0.15) is 55.8 Å². The number of hydrogen-bond acceptors (Lipinski definition) is 4. The summed E-state index contributed by atoms with van der Waals surface area (Å²) >= 11 is 0. The van der Waals surface area contributed by atoms with Gasteiger partial charge in [-0.25, -0.2) is 0 Å². The van der Waals surface area contributed by atoms with Gasteiger partial charge in [-0.1, -0.05) is 49.7 Å². The number of ether oxygens (including phenoxy) is 2. The number of unbranched alkanes of at least 4 members (excludes halogenated alkanes) is 1. The van der Waals surface area contributed by atoms with Crippen LogP contribution in [-0.2, 0) is 27.5 Å². The van der Waals surface area contributed by atoms with E-state index in [1.165, 1.54) is 0 Å². The van der Waals surface area contributed by atoms with Crippen LogP contribution < -0.4 is 10.1 Å². The minimum atomic E-state index is -0.412. The largest absolute Gasteiger partial charge is 0.497 e. The van der Waals surface area contributed by atoms with Crippen molar-refractivity contribution in [2.45, 2.75) is 52.3 Å². The molecule has 0 aliphatic carbocycles. The Labute approximate surface area is 190 Å². The lowest BCUT2D eigenvalue weighted by molar-refractivity contribution is -0.129. The fourth-order valence-corrected chi connectivity index (χ4v) is 4.12. The molecule has 0 radical (unpaired) electrons. The highest BCUT2D eigenvalue weighted by atomic mass is 16.5. The summed E-state index contributed by atoms with van der Waals surface area (Å²) in [7, 11) is 1.63. The lowest BCUT2D eigenvalue weighted by Crippen LogP contribution is -2.35. The molecule has 32 heavy (non-hydrogen) atoms. The summed E-state index contributed by atoms with van der Waals surface area (Å²) in [5.41, 5.74) is 3.09. The average Bonchev–Trinajstić information content (AvgIpc) is 3.16. The van der Waals surface area contributed by atoms with E-state index in [1.54, 1.807) is 7.11 Å². The first-order valence-electron chi connectivity index (χ1n) is 11.4. The number of methoxy groups -OCH3 is 1. The van der Waals surface area contributed by atoms with E-state index in [0.29, 0.717) is 26.3 Å². The number of nitrogens with zero attached hydrogens (tertiary/aromatic N) is 1. The highest BCUT2D eigenvalue weighted by Crippen LogP contribution is 2.39. The second-order valence-corrected chi connectivity index (χ2v) is 8.14. The normalized spacial score (nSPS) is 18.1. The first-order chi connectivity index (χ1) is 15.6. The topological polar surface area (TPSA) is 67.9 Å². The predicted octanol–water partition coefficient (Wildman–Crippen LogP) is 4.24. The van der Waals surface area contributed by atoms with E-state index in [0.717, 1.165) is 35.3 Å². The molecule has 6 nitrogen and oxygen atoms in total. The van der Waals surface area contributed by atoms with Crippen molar-refractivity contribution in [3.63, 3.8) is 0 Å². The number of carbonyl (C=O) groups excluding carboxylic acids is 2. The number of nitrogens with one attached hydrogen (secondary N) is 1. The van der Waals surface area contributed by atoms with Gasteiger partial charge in [-0.15, -0.1) is 0 Å². The first kappa shape index (κ1) is 23.8. The van der Waals surface area contributed by atoms with E-state index in [9.17, 15) is 9.59 Å². The van der Waals surface area contributed by atoms with Crippen LogP contribution in [0.3, 0.4) is 0 Å². The highest BCUT2D eigenvalue weighted by Gasteiger charge is 2.44. The molecular formula is C26H34N2O4. The average molecular weight is 439 g/mol. The molecule has 1 heterocycles. The van der Waals surface area contributed by atoms with Crippen molar-refractivity contribution in [2.75, 3.05) is 20.3 Å². The predicted molar refractivity (Wildman–Crippen MR) is 124 cm³/mol. The van der Waals surface area contributed by atoms with Gasteiger partial charge in [-0.3, -0.25) is 9.59 Å². The molecule has 2 aromatic carbocycles. The van der Waals surface area contributed by atoms with Crippen LogP contribution >= 0.6 is 0 Å². The molecule has 1 fully saturated rings. The summed E-state index contributed by atoms with van der Waals surface area (Å²) in [5, 5.41) is 3.05. The molecule has 2 amide bonds. The number of carbonyl (C=O) groups is 2. The zero-order valence-corrected chi connectivity index (χ0v) is 19.3. The van der Waals surface area contributed by atoms with Crippen molar-refractivity contribution in [3.05, 3.63) is 65.2 Å². The summed E-state index contributed by atoms with van der Waals surface area (Å²) < 4.78 is 10.7. The van der Waals surface area contributed by atoms with Gasteiger partial charge in [0.15, 0.2) is 0 Å². The first-order valence-corrected chi connectivity index (χ1v) is 11.4. The molecule has 1 aliphatic heterocycles. The van der Waals surface area contributed by atoms with Crippen molar-refractivity contribution in [3.8, 4) is 5.75 Å². The van der Waals surface area contributed by atoms with E-state index < -0.39 is 5.92 Å². The van der Waals surface area contributed by atoms with Crippen LogP contribution in [0.5, 0.6) is 5.75 Å². The standard InChI is InChI=1S/C26H34N2O4/c1-4-6-15-28-24(29)16-23(25(28)21-11-13-22(31-3)14-12-21)26(30)27-17-19-7-9-20(10-8-19)18-32-5-2/h7-14,23,25H,4-6,15-18H2,1-3H3,(H,27,30). The van der Waals surface area contributed by atoms with Crippen LogP contribution in [0.2, 0.25) is 0 Å². The third-order valence-corrected chi connectivity index (χ3v) is 5.94. The molecule has 0 spiro atoms. The van der Waals surface area contributed by atoms with Gasteiger partial charge in [0.05, 0.1) is 25.7 Å². The molecule has 2 atom stereocenters. The zero-order chi connectivity index (χ0) is 22.9. The molecular weight excluding hydrogens is 404 g/mol. The second kappa shape index (κ2) is 11.7. The summed E-state index contributed by atoms with van der Waals surface area (Å²) in [4.78, 5) is 27.8. The Kier molecular flexibility index (Phi) is 8.68. The lowest BCUT2D eigenvalue weighted by atomic mass is 9.92. The molecule has 1 saturated heterocycles. The summed E-state index contributed by atoms with van der Waals surface area (Å²) in [5.74, 6) is 0.299. The minimum Gasteiger partial charge on any atom is -0.497 e. The number of likely N-dealkylation sites (tertiary alicyclic amines) is 1. The van der Waals surface area contributed by atoms with Crippen LogP contribution in [0, 0.1) is 5.92 Å². The Morgan fingerprint density at radius 2 is 1.75 bits per heavy atom. The molecule has 3 rings (SSSR count). The summed E-state index contributed by atoms with van der Waals surface area (Å²) in [6, 6.07) is 15.5. The van der Waals surface area contributed by atoms with Crippen molar-refractivity contribution < 1.29 is 19.1 Å². The molecule has 0 aromatic heterocycles. The van der Waals surface area contributed by atoms with Gasteiger partial charge in [0.1, 0.15) is 5.75 Å². The van der Waals surface area contributed by atoms with Gasteiger partial charge < -0.3 is 19.7 Å². The maximum Gasteiger partial charge on any atom is 0.226 e. The monoisotopic (exact) mass is 438 g/mol. The Morgan fingerprint density at radius 3 is 2.38 bits per heavy atom. The number of rotatable bonds is 11. The molecule has 6 heteroatoms. The molecule has 1 aliphatic rings. The van der Waals surface area contributed by atoms with Gasteiger partial charge in [-0.05, 0) is 42.2 Å². The molecule has 0 saturated carbocycles. The van der Waals surface area contributed by atoms with Crippen LogP contribution in [0.4, 0.5) is 0 Å². The van der Waals surface area contributed by atoms with Gasteiger partial charge in [-0.2, -0.15) is 0 Å². The van der Waals surface area contributed by atoms with Crippen LogP contribution in [-0.4, -0.2) is 37.0 Å². The lowest BCUT2D eigenvalue weighted by Gasteiger charge is -2.28. The number of hydrogen-bond donors (Lipinski definition) is 1. The van der Waals surface area contributed by atoms with Crippen LogP contribution in [0.15, 0.2) is 48.5 Å². The molecule has 2 aromatic rings. The van der Waals surface area contributed by atoms with E-state index in [2.05, 4.69) is 12.2 Å². The Morgan fingerprint density at radius 1 is 1.06 bits per heavy atom. The van der Waals surface area contributed by atoms with Gasteiger partial charge >= 0.3 is 0 Å². The Hall–Kier alpha value is -2.86. The second-order valence-electron chi connectivity index (χ2n) is 8.14. The van der Waals surface area contributed by atoms with Crippen molar-refractivity contribution in [2.24, 2.45) is 5.92 Å². The molecule has 0 bridgehead atoms. The number of amides is 2. The minimum absolute atomic E-state index is 0.0414. The fraction of sp³-hybridized carbons (Fsp3) is 0.462. The number of benzene rings is 2. The van der Waals surface area contributed by atoms with E-state index in [1.807, 2.05) is 60.4 Å². The van der Waals surface area contributed by atoms with Crippen molar-refractivity contribution in [1.29, 1.82) is 0 Å². The van der Waals surface area contributed by atoms with E-state index in [4.69, 9.17) is 9.47 Å². The molecule has 2 unspecified atom stereocenters. The highest BCUT2D eigenvalue weighted by molar-refractivity contribution is 5.90. The van der Waals surface area contributed by atoms with Gasteiger partial charge in [0, 0.05) is 26.1 Å².